The number of aromatic nitrogens is 1. The Morgan fingerprint density at radius 2 is 2.19 bits per heavy atom. The van der Waals surface area contributed by atoms with E-state index in [-0.39, 0.29) is 0 Å². The lowest BCUT2D eigenvalue weighted by atomic mass is 10.1. The first-order valence-electron chi connectivity index (χ1n) is 5.77. The second kappa shape index (κ2) is 4.83. The van der Waals surface area contributed by atoms with Crippen molar-refractivity contribution in [3.05, 3.63) is 23.2 Å². The molecule has 0 radical (unpaired) electrons. The van der Waals surface area contributed by atoms with Gasteiger partial charge in [0.15, 0.2) is 0 Å². The van der Waals surface area contributed by atoms with Crippen molar-refractivity contribution in [2.24, 2.45) is 0 Å². The van der Waals surface area contributed by atoms with Crippen molar-refractivity contribution in [1.29, 1.82) is 0 Å². The predicted octanol–water partition coefficient (Wildman–Crippen LogP) is 4.21. The van der Waals surface area contributed by atoms with Gasteiger partial charge in [-0.3, -0.25) is 0 Å². The first-order chi connectivity index (χ1) is 7.74. The van der Waals surface area contributed by atoms with Gasteiger partial charge in [0.2, 0.25) is 0 Å². The molecule has 0 fully saturated rings. The van der Waals surface area contributed by atoms with Crippen molar-refractivity contribution in [2.75, 3.05) is 6.61 Å². The molecule has 1 unspecified atom stereocenters. The number of benzene rings is 1. The third kappa shape index (κ3) is 2.19. The van der Waals surface area contributed by atoms with Gasteiger partial charge < -0.3 is 4.74 Å². The van der Waals surface area contributed by atoms with Crippen molar-refractivity contribution in [2.45, 2.75) is 33.1 Å². The molecule has 3 heteroatoms. The van der Waals surface area contributed by atoms with Gasteiger partial charge in [0.25, 0.3) is 0 Å². The van der Waals surface area contributed by atoms with Crippen molar-refractivity contribution >= 4 is 21.6 Å². The lowest BCUT2D eigenvalue weighted by molar-refractivity contribution is 0.340. The number of hydrogen-bond donors (Lipinski definition) is 0. The van der Waals surface area contributed by atoms with Crippen LogP contribution in [-0.2, 0) is 0 Å². The Labute approximate surface area is 100 Å². The Morgan fingerprint density at radius 1 is 1.38 bits per heavy atom. The van der Waals surface area contributed by atoms with E-state index >= 15 is 0 Å². The van der Waals surface area contributed by atoms with Gasteiger partial charge in [-0.2, -0.15) is 0 Å². The van der Waals surface area contributed by atoms with E-state index in [2.05, 4.69) is 24.9 Å². The van der Waals surface area contributed by atoms with Gasteiger partial charge in [0, 0.05) is 12.0 Å². The Morgan fingerprint density at radius 3 is 2.88 bits per heavy atom. The van der Waals surface area contributed by atoms with Gasteiger partial charge in [0.05, 0.1) is 21.8 Å². The van der Waals surface area contributed by atoms with E-state index in [4.69, 9.17) is 4.74 Å². The molecule has 1 atom stereocenters. The highest BCUT2D eigenvalue weighted by atomic mass is 32.1. The molecule has 0 aliphatic rings. The van der Waals surface area contributed by atoms with Crippen LogP contribution in [0.3, 0.4) is 0 Å². The zero-order valence-corrected chi connectivity index (χ0v) is 10.8. The zero-order valence-electron chi connectivity index (χ0n) is 9.99. The normalized spacial score (nSPS) is 12.9. The molecule has 0 amide bonds. The summed E-state index contributed by atoms with van der Waals surface area (Å²) in [6.45, 7) is 7.12. The highest BCUT2D eigenvalue weighted by Crippen LogP contribution is 2.30. The fourth-order valence-electron chi connectivity index (χ4n) is 1.57. The third-order valence-corrected chi connectivity index (χ3v) is 3.99. The summed E-state index contributed by atoms with van der Waals surface area (Å²) >= 11 is 1.79. The maximum absolute atomic E-state index is 5.47. The maximum atomic E-state index is 5.47. The molecule has 0 saturated heterocycles. The summed E-state index contributed by atoms with van der Waals surface area (Å²) in [5.74, 6) is 1.46. The summed E-state index contributed by atoms with van der Waals surface area (Å²) in [4.78, 5) is 4.66. The van der Waals surface area contributed by atoms with Crippen LogP contribution in [0.15, 0.2) is 18.2 Å². The van der Waals surface area contributed by atoms with Crippen molar-refractivity contribution < 1.29 is 4.74 Å². The van der Waals surface area contributed by atoms with E-state index in [1.165, 1.54) is 9.71 Å². The average Bonchev–Trinajstić information content (AvgIpc) is 2.71. The Hall–Kier alpha value is -1.09. The molecule has 0 spiro atoms. The molecule has 0 N–H and O–H groups in total. The van der Waals surface area contributed by atoms with E-state index in [1.807, 2.05) is 19.1 Å². The predicted molar refractivity (Wildman–Crippen MR) is 69.5 cm³/mol. The lowest BCUT2D eigenvalue weighted by Gasteiger charge is -2.01. The van der Waals surface area contributed by atoms with Gasteiger partial charge >= 0.3 is 0 Å². The number of ether oxygens (including phenoxy) is 1. The van der Waals surface area contributed by atoms with E-state index in [0.717, 1.165) is 17.7 Å². The second-order valence-corrected chi connectivity index (χ2v) is 4.99. The highest BCUT2D eigenvalue weighted by Gasteiger charge is 2.10. The van der Waals surface area contributed by atoms with Crippen LogP contribution in [0.4, 0.5) is 0 Å². The van der Waals surface area contributed by atoms with E-state index in [1.54, 1.807) is 11.3 Å². The molecule has 0 bridgehead atoms. The lowest BCUT2D eigenvalue weighted by Crippen LogP contribution is -1.90. The standard InChI is InChI=1S/C13H17NOS/c1-4-9(3)13-14-11-8-10(15-5-2)6-7-12(11)16-13/h6-9H,4-5H2,1-3H3. The number of fused-ring (bicyclic) bond motifs is 1. The average molecular weight is 235 g/mol. The number of rotatable bonds is 4. The highest BCUT2D eigenvalue weighted by molar-refractivity contribution is 7.18. The number of nitrogens with zero attached hydrogens (tertiary/aromatic N) is 1. The molecule has 1 aromatic heterocycles. The monoisotopic (exact) mass is 235 g/mol. The summed E-state index contributed by atoms with van der Waals surface area (Å²) in [5, 5.41) is 1.23. The minimum Gasteiger partial charge on any atom is -0.494 e. The van der Waals surface area contributed by atoms with Gasteiger partial charge in [-0.1, -0.05) is 13.8 Å². The van der Waals surface area contributed by atoms with Crippen LogP contribution in [0.1, 0.15) is 38.1 Å². The largest absolute Gasteiger partial charge is 0.494 e. The summed E-state index contributed by atoms with van der Waals surface area (Å²) < 4.78 is 6.72. The molecular formula is C13H17NOS. The SMILES string of the molecule is CCOc1ccc2sc(C(C)CC)nc2c1. The van der Waals surface area contributed by atoms with E-state index in [9.17, 15) is 0 Å². The molecule has 2 rings (SSSR count). The third-order valence-electron chi connectivity index (χ3n) is 2.72. The van der Waals surface area contributed by atoms with Crippen LogP contribution in [0, 0.1) is 0 Å². The molecule has 0 saturated carbocycles. The van der Waals surface area contributed by atoms with Crippen LogP contribution in [0.5, 0.6) is 5.75 Å². The zero-order chi connectivity index (χ0) is 11.5. The molecule has 2 aromatic rings. The first-order valence-corrected chi connectivity index (χ1v) is 6.59. The minimum absolute atomic E-state index is 0.549. The van der Waals surface area contributed by atoms with E-state index in [0.29, 0.717) is 12.5 Å². The topological polar surface area (TPSA) is 22.1 Å². The van der Waals surface area contributed by atoms with Crippen LogP contribution >= 0.6 is 11.3 Å². The van der Waals surface area contributed by atoms with Crippen LogP contribution in [-0.4, -0.2) is 11.6 Å². The van der Waals surface area contributed by atoms with Crippen LogP contribution in [0.25, 0.3) is 10.2 Å². The van der Waals surface area contributed by atoms with Crippen molar-refractivity contribution in [3.63, 3.8) is 0 Å². The fraction of sp³-hybridized carbons (Fsp3) is 0.462. The van der Waals surface area contributed by atoms with Crippen molar-refractivity contribution in [1.82, 2.24) is 4.98 Å². The Kier molecular flexibility index (Phi) is 3.44. The molecule has 0 aliphatic heterocycles. The molecule has 0 aliphatic carbocycles. The molecule has 1 heterocycles. The molecule has 16 heavy (non-hydrogen) atoms. The molecular weight excluding hydrogens is 218 g/mol. The van der Waals surface area contributed by atoms with Gasteiger partial charge in [0.1, 0.15) is 5.75 Å². The number of hydrogen-bond acceptors (Lipinski definition) is 3. The Balaban J connectivity index is 2.38. The number of thiazole rings is 1. The molecule has 86 valence electrons. The fourth-order valence-corrected chi connectivity index (χ4v) is 2.65. The van der Waals surface area contributed by atoms with Crippen molar-refractivity contribution in [3.8, 4) is 5.75 Å². The maximum Gasteiger partial charge on any atom is 0.121 e. The summed E-state index contributed by atoms with van der Waals surface area (Å²) in [6, 6.07) is 6.15. The quantitative estimate of drug-likeness (QED) is 0.792. The summed E-state index contributed by atoms with van der Waals surface area (Å²) in [5.41, 5.74) is 1.06. The second-order valence-electron chi connectivity index (χ2n) is 3.92. The van der Waals surface area contributed by atoms with Crippen LogP contribution in [0.2, 0.25) is 0 Å². The van der Waals surface area contributed by atoms with Gasteiger partial charge in [-0.25, -0.2) is 4.98 Å². The van der Waals surface area contributed by atoms with Gasteiger partial charge in [-0.05, 0) is 25.5 Å². The van der Waals surface area contributed by atoms with Crippen LogP contribution < -0.4 is 4.74 Å². The van der Waals surface area contributed by atoms with Gasteiger partial charge in [-0.15, -0.1) is 11.3 Å². The molecule has 1 aromatic carbocycles. The van der Waals surface area contributed by atoms with E-state index < -0.39 is 0 Å². The minimum atomic E-state index is 0.549. The molecule has 2 nitrogen and oxygen atoms in total. The smallest absolute Gasteiger partial charge is 0.121 e. The summed E-state index contributed by atoms with van der Waals surface area (Å²) in [7, 11) is 0. The summed E-state index contributed by atoms with van der Waals surface area (Å²) in [6.07, 6.45) is 1.14. The Bertz CT molecular complexity index is 478. The first kappa shape index (κ1) is 11.4.